The van der Waals surface area contributed by atoms with Gasteiger partial charge >= 0.3 is 0 Å². The predicted octanol–water partition coefficient (Wildman–Crippen LogP) is 2.73. The van der Waals surface area contributed by atoms with Crippen molar-refractivity contribution in [2.45, 2.75) is 9.79 Å². The van der Waals surface area contributed by atoms with Crippen molar-refractivity contribution in [3.63, 3.8) is 0 Å². The van der Waals surface area contributed by atoms with Gasteiger partial charge in [-0.25, -0.2) is 21.8 Å². The van der Waals surface area contributed by atoms with Crippen molar-refractivity contribution >= 4 is 64.7 Å². The van der Waals surface area contributed by atoms with E-state index in [0.29, 0.717) is 34.0 Å². The summed E-state index contributed by atoms with van der Waals surface area (Å²) < 4.78 is 47.8. The Bertz CT molecular complexity index is 1330. The monoisotopic (exact) mass is 517 g/mol. The number of carbonyl (C=O) groups excluding carboxylic acids is 1. The number of sulfone groups is 2. The van der Waals surface area contributed by atoms with Crippen molar-refractivity contribution in [2.75, 3.05) is 44.6 Å². The summed E-state index contributed by atoms with van der Waals surface area (Å²) in [5.74, 6) is -0.315. The lowest BCUT2D eigenvalue weighted by Gasteiger charge is -2.22. The average Bonchev–Trinajstić information content (AvgIpc) is 3.09. The van der Waals surface area contributed by atoms with Gasteiger partial charge in [0.15, 0.2) is 24.8 Å². The van der Waals surface area contributed by atoms with Crippen molar-refractivity contribution in [2.24, 2.45) is 0 Å². The molecule has 0 saturated heterocycles. The average molecular weight is 518 g/mol. The van der Waals surface area contributed by atoms with Crippen LogP contribution in [0.25, 0.3) is 10.2 Å². The van der Waals surface area contributed by atoms with Crippen LogP contribution in [0.15, 0.2) is 52.3 Å². The molecule has 0 aliphatic heterocycles. The first kappa shape index (κ1) is 26.2. The van der Waals surface area contributed by atoms with Gasteiger partial charge < -0.3 is 4.90 Å². The topological polar surface area (TPSA) is 105 Å². The highest BCUT2D eigenvalue weighted by atomic mass is 35.5. The summed E-state index contributed by atoms with van der Waals surface area (Å²) in [4.78, 5) is 21.6. The molecule has 3 aromatic rings. The highest BCUT2D eigenvalue weighted by molar-refractivity contribution is 7.91. The fraction of sp³-hybridized carbons (Fsp3) is 0.300. The molecule has 0 spiro atoms. The molecule has 0 unspecified atom stereocenters. The second-order valence-corrected chi connectivity index (χ2v) is 12.5. The van der Waals surface area contributed by atoms with E-state index in [1.165, 1.54) is 46.6 Å². The Morgan fingerprint density at radius 2 is 1.47 bits per heavy atom. The standard InChI is InChI=1S/C20H23N3O5S3.ClH/c1-22(2)11-12-23(19(24)14-5-7-15(8-6-14)30(3,25)26)20-21-17-10-9-16(31(4,27)28)13-18(17)29-20;/h5-10,13H,11-12H2,1-4H3;1H. The van der Waals surface area contributed by atoms with Gasteiger partial charge in [-0.1, -0.05) is 11.3 Å². The fourth-order valence-electron chi connectivity index (χ4n) is 2.82. The number of hydrogen-bond acceptors (Lipinski definition) is 8. The van der Waals surface area contributed by atoms with Gasteiger partial charge in [0.05, 0.1) is 20.0 Å². The zero-order valence-corrected chi connectivity index (χ0v) is 21.2. The molecule has 174 valence electrons. The molecule has 0 radical (unpaired) electrons. The molecule has 1 amide bonds. The molecule has 1 aromatic heterocycles. The smallest absolute Gasteiger partial charge is 0.260 e. The van der Waals surface area contributed by atoms with Gasteiger partial charge in [0.25, 0.3) is 5.91 Å². The third-order valence-electron chi connectivity index (χ3n) is 4.55. The van der Waals surface area contributed by atoms with E-state index >= 15 is 0 Å². The van der Waals surface area contributed by atoms with Crippen LogP contribution in [0.4, 0.5) is 5.13 Å². The minimum Gasteiger partial charge on any atom is -0.308 e. The van der Waals surface area contributed by atoms with Crippen LogP contribution < -0.4 is 4.90 Å². The maximum atomic E-state index is 13.3. The van der Waals surface area contributed by atoms with Crippen LogP contribution in [0.3, 0.4) is 0 Å². The van der Waals surface area contributed by atoms with E-state index in [-0.39, 0.29) is 28.1 Å². The van der Waals surface area contributed by atoms with Crippen LogP contribution in [0.1, 0.15) is 10.4 Å². The summed E-state index contributed by atoms with van der Waals surface area (Å²) >= 11 is 1.23. The molecule has 32 heavy (non-hydrogen) atoms. The molecule has 1 heterocycles. The van der Waals surface area contributed by atoms with E-state index in [2.05, 4.69) is 4.98 Å². The van der Waals surface area contributed by atoms with Crippen LogP contribution in [-0.4, -0.2) is 72.3 Å². The zero-order chi connectivity index (χ0) is 23.0. The zero-order valence-electron chi connectivity index (χ0n) is 18.0. The first-order chi connectivity index (χ1) is 14.4. The molecule has 0 fully saturated rings. The predicted molar refractivity (Wildman–Crippen MR) is 130 cm³/mol. The number of halogens is 1. The maximum Gasteiger partial charge on any atom is 0.260 e. The molecule has 0 aliphatic carbocycles. The Labute approximate surface area is 198 Å². The van der Waals surface area contributed by atoms with Crippen LogP contribution >= 0.6 is 23.7 Å². The van der Waals surface area contributed by atoms with E-state index in [1.54, 1.807) is 12.1 Å². The second kappa shape index (κ2) is 9.84. The van der Waals surface area contributed by atoms with Crippen molar-refractivity contribution < 1.29 is 21.6 Å². The molecule has 0 N–H and O–H groups in total. The summed E-state index contributed by atoms with van der Waals surface area (Å²) in [7, 11) is -2.94. The highest BCUT2D eigenvalue weighted by Crippen LogP contribution is 2.31. The van der Waals surface area contributed by atoms with Crippen molar-refractivity contribution in [1.82, 2.24) is 9.88 Å². The summed E-state index contributed by atoms with van der Waals surface area (Å²) in [6.45, 7) is 0.941. The maximum absolute atomic E-state index is 13.3. The number of anilines is 1. The Morgan fingerprint density at radius 1 is 0.906 bits per heavy atom. The number of thiazole rings is 1. The molecule has 8 nitrogen and oxygen atoms in total. The molecule has 0 atom stereocenters. The van der Waals surface area contributed by atoms with Crippen molar-refractivity contribution in [3.05, 3.63) is 48.0 Å². The van der Waals surface area contributed by atoms with Gasteiger partial charge in [0.2, 0.25) is 0 Å². The second-order valence-electron chi connectivity index (χ2n) is 7.45. The van der Waals surface area contributed by atoms with Gasteiger partial charge in [-0.15, -0.1) is 12.4 Å². The summed E-state index contributed by atoms with van der Waals surface area (Å²) in [5.41, 5.74) is 0.935. The number of hydrogen-bond donors (Lipinski definition) is 0. The Kier molecular flexibility index (Phi) is 8.05. The lowest BCUT2D eigenvalue weighted by molar-refractivity contribution is 0.0985. The van der Waals surface area contributed by atoms with Crippen molar-refractivity contribution in [3.8, 4) is 0 Å². The Balaban J connectivity index is 0.00000363. The molecule has 0 aliphatic rings. The van der Waals surface area contributed by atoms with E-state index in [4.69, 9.17) is 0 Å². The number of likely N-dealkylation sites (N-methyl/N-ethyl adjacent to an activating group) is 1. The van der Waals surface area contributed by atoms with Gasteiger partial charge in [-0.3, -0.25) is 9.69 Å². The molecule has 3 rings (SSSR count). The third kappa shape index (κ3) is 6.04. The minimum absolute atomic E-state index is 0. The molecular formula is C20H24ClN3O5S3. The van der Waals surface area contributed by atoms with Gasteiger partial charge in [-0.05, 0) is 56.6 Å². The highest BCUT2D eigenvalue weighted by Gasteiger charge is 2.22. The van der Waals surface area contributed by atoms with E-state index in [0.717, 1.165) is 12.5 Å². The molecule has 0 bridgehead atoms. The summed E-state index contributed by atoms with van der Waals surface area (Å²) in [5, 5.41) is 0.444. The number of amides is 1. The van der Waals surface area contributed by atoms with Gasteiger partial charge in [0, 0.05) is 31.2 Å². The lowest BCUT2D eigenvalue weighted by atomic mass is 10.2. The first-order valence-corrected chi connectivity index (χ1v) is 13.8. The Hall–Kier alpha value is -2.05. The van der Waals surface area contributed by atoms with Gasteiger partial charge in [-0.2, -0.15) is 0 Å². The number of nitrogens with zero attached hydrogens (tertiary/aromatic N) is 3. The van der Waals surface area contributed by atoms with Crippen LogP contribution in [0.5, 0.6) is 0 Å². The number of aromatic nitrogens is 1. The SMILES string of the molecule is CN(C)CCN(C(=O)c1ccc(S(C)(=O)=O)cc1)c1nc2ccc(S(C)(=O)=O)cc2s1.Cl. The normalized spacial score (nSPS) is 12.0. The van der Waals surface area contributed by atoms with E-state index < -0.39 is 19.7 Å². The van der Waals surface area contributed by atoms with Crippen LogP contribution in [0, 0.1) is 0 Å². The molecule has 2 aromatic carbocycles. The number of fused-ring (bicyclic) bond motifs is 1. The molecular weight excluding hydrogens is 494 g/mol. The number of carbonyl (C=O) groups is 1. The van der Waals surface area contributed by atoms with E-state index in [1.807, 2.05) is 19.0 Å². The Morgan fingerprint density at radius 3 is 2.00 bits per heavy atom. The summed E-state index contributed by atoms with van der Waals surface area (Å²) in [6.07, 6.45) is 2.25. The largest absolute Gasteiger partial charge is 0.308 e. The van der Waals surface area contributed by atoms with Crippen LogP contribution in [-0.2, 0) is 19.7 Å². The first-order valence-electron chi connectivity index (χ1n) is 9.23. The van der Waals surface area contributed by atoms with Crippen molar-refractivity contribution in [1.29, 1.82) is 0 Å². The minimum atomic E-state index is -3.36. The molecule has 0 saturated carbocycles. The lowest BCUT2D eigenvalue weighted by Crippen LogP contribution is -2.36. The van der Waals surface area contributed by atoms with Gasteiger partial charge in [0.1, 0.15) is 0 Å². The van der Waals surface area contributed by atoms with E-state index in [9.17, 15) is 21.6 Å². The fourth-order valence-corrected chi connectivity index (χ4v) is 5.20. The number of benzene rings is 2. The molecule has 12 heteroatoms. The van der Waals surface area contributed by atoms with Crippen LogP contribution in [0.2, 0.25) is 0 Å². The third-order valence-corrected chi connectivity index (χ3v) is 7.83. The summed E-state index contributed by atoms with van der Waals surface area (Å²) in [6, 6.07) is 10.5. The number of rotatable bonds is 7. The quantitative estimate of drug-likeness (QED) is 0.474.